The lowest BCUT2D eigenvalue weighted by Crippen LogP contribution is -2.07. The highest BCUT2D eigenvalue weighted by molar-refractivity contribution is 6.12. The van der Waals surface area contributed by atoms with E-state index in [1.165, 1.54) is 21.3 Å². The lowest BCUT2D eigenvalue weighted by atomic mass is 9.95. The fraction of sp³-hybridized carbons (Fsp3) is 0.0769. The van der Waals surface area contributed by atoms with Crippen LogP contribution in [0.3, 0.4) is 0 Å². The van der Waals surface area contributed by atoms with Gasteiger partial charge in [0.05, 0.1) is 78.7 Å². The molecule has 0 aliphatic rings. The molecule has 0 unspecified atom stereocenters. The number of fused-ring (bicyclic) bond motifs is 6. The van der Waals surface area contributed by atoms with Crippen molar-refractivity contribution < 1.29 is 52.7 Å². The predicted octanol–water partition coefficient (Wildman–Crippen LogP) is 16.2. The van der Waals surface area contributed by atoms with Crippen molar-refractivity contribution in [2.75, 3.05) is 0 Å². The van der Waals surface area contributed by atoms with Crippen LogP contribution in [0.2, 0.25) is 0 Å². The molecule has 7 aromatic carbocycles. The average Bonchev–Trinajstić information content (AvgIpc) is 3.82. The third kappa shape index (κ3) is 7.53. The first-order chi connectivity index (χ1) is 32.2. The van der Waals surface area contributed by atoms with E-state index in [1.807, 2.05) is 0 Å². The number of hydrogen-bond donors (Lipinski definition) is 0. The number of rotatable bonds is 5. The number of benzene rings is 7. The van der Waals surface area contributed by atoms with E-state index in [9.17, 15) is 57.9 Å². The van der Waals surface area contributed by atoms with Crippen molar-refractivity contribution in [2.45, 2.75) is 24.7 Å². The minimum Gasteiger partial charge on any atom is -0.308 e. The third-order valence-electron chi connectivity index (χ3n) is 11.8. The zero-order chi connectivity index (χ0) is 48.1. The molecule has 0 aliphatic heterocycles. The van der Waals surface area contributed by atoms with Gasteiger partial charge in [-0.05, 0) is 103 Å². The SMILES string of the molecule is N#Cc1cc(-n2c3ccc(C(F)(F)F)cc3c3cc(C(F)(F)F)ccc32)c(-c2cc(-c3ccccc3)nc(-c3ccccc3)c2)c(-n2c3ccc(C(F)(F)F)cc3c3cc(C(F)(F)F)ccc32)c1. The zero-order valence-corrected chi connectivity index (χ0v) is 34.3. The highest BCUT2D eigenvalue weighted by atomic mass is 19.4. The van der Waals surface area contributed by atoms with Crippen LogP contribution >= 0.6 is 0 Å². The molecule has 0 atom stereocenters. The Morgan fingerprint density at radius 1 is 0.368 bits per heavy atom. The molecule has 0 saturated carbocycles. The average molecular weight is 935 g/mol. The molecule has 0 N–H and O–H groups in total. The first-order valence-electron chi connectivity index (χ1n) is 20.4. The molecule has 0 fully saturated rings. The molecule has 0 radical (unpaired) electrons. The van der Waals surface area contributed by atoms with Crippen molar-refractivity contribution in [1.82, 2.24) is 14.1 Å². The van der Waals surface area contributed by atoms with Crippen molar-refractivity contribution in [3.8, 4) is 51.1 Å². The molecule has 3 heterocycles. The van der Waals surface area contributed by atoms with E-state index in [0.29, 0.717) is 22.5 Å². The predicted molar refractivity (Wildman–Crippen MR) is 234 cm³/mol. The summed E-state index contributed by atoms with van der Waals surface area (Å²) in [5.41, 5.74) is -2.49. The molecule has 3 aromatic heterocycles. The normalized spacial score (nSPS) is 12.7. The maximum Gasteiger partial charge on any atom is 0.416 e. The van der Waals surface area contributed by atoms with Gasteiger partial charge in [-0.25, -0.2) is 4.98 Å². The molecule has 0 aliphatic carbocycles. The maximum atomic E-state index is 14.3. The summed E-state index contributed by atoms with van der Waals surface area (Å²) in [4.78, 5) is 4.96. The Morgan fingerprint density at radius 3 is 0.956 bits per heavy atom. The lowest BCUT2D eigenvalue weighted by molar-refractivity contribution is -0.138. The molecule has 338 valence electrons. The second kappa shape index (κ2) is 15.5. The summed E-state index contributed by atoms with van der Waals surface area (Å²) in [5.74, 6) is 0. The van der Waals surface area contributed by atoms with Crippen LogP contribution < -0.4 is 0 Å². The summed E-state index contributed by atoms with van der Waals surface area (Å²) in [7, 11) is 0. The Labute approximate surface area is 376 Å². The first kappa shape index (κ1) is 43.8. The van der Waals surface area contributed by atoms with Crippen LogP contribution in [0.4, 0.5) is 52.7 Å². The topological polar surface area (TPSA) is 46.5 Å². The largest absolute Gasteiger partial charge is 0.416 e. The zero-order valence-electron chi connectivity index (χ0n) is 34.3. The quantitative estimate of drug-likeness (QED) is 0.161. The van der Waals surface area contributed by atoms with Crippen LogP contribution in [0.5, 0.6) is 0 Å². The molecular weight excluding hydrogens is 909 g/mol. The molecule has 0 amide bonds. The molecule has 0 saturated heterocycles. The van der Waals surface area contributed by atoms with Crippen molar-refractivity contribution in [1.29, 1.82) is 5.26 Å². The molecule has 16 heteroatoms. The van der Waals surface area contributed by atoms with Gasteiger partial charge in [0, 0.05) is 38.2 Å². The van der Waals surface area contributed by atoms with Gasteiger partial charge in [-0.1, -0.05) is 60.7 Å². The number of nitrogens with zero attached hydrogens (tertiary/aromatic N) is 4. The van der Waals surface area contributed by atoms with Gasteiger partial charge in [0.15, 0.2) is 0 Å². The second-order valence-electron chi connectivity index (χ2n) is 15.9. The van der Waals surface area contributed by atoms with E-state index in [2.05, 4.69) is 6.07 Å². The van der Waals surface area contributed by atoms with Gasteiger partial charge in [0.25, 0.3) is 0 Å². The van der Waals surface area contributed by atoms with Crippen molar-refractivity contribution in [2.24, 2.45) is 0 Å². The molecule has 0 bridgehead atoms. The number of pyridine rings is 1. The molecule has 10 rings (SSSR count). The Bertz CT molecular complexity index is 3310. The van der Waals surface area contributed by atoms with E-state index in [1.54, 1.807) is 72.8 Å². The van der Waals surface area contributed by atoms with Crippen molar-refractivity contribution >= 4 is 43.6 Å². The van der Waals surface area contributed by atoms with E-state index in [0.717, 1.165) is 72.8 Å². The molecular formula is C52H26F12N4. The molecule has 68 heavy (non-hydrogen) atoms. The highest BCUT2D eigenvalue weighted by Gasteiger charge is 2.36. The minimum absolute atomic E-state index is 0.0108. The van der Waals surface area contributed by atoms with Crippen LogP contribution in [-0.2, 0) is 24.7 Å². The Morgan fingerprint density at radius 2 is 0.676 bits per heavy atom. The first-order valence-corrected chi connectivity index (χ1v) is 20.4. The number of nitriles is 1. The van der Waals surface area contributed by atoms with Gasteiger partial charge >= 0.3 is 24.7 Å². The van der Waals surface area contributed by atoms with Crippen molar-refractivity contribution in [3.63, 3.8) is 0 Å². The van der Waals surface area contributed by atoms with Crippen LogP contribution in [0, 0.1) is 11.3 Å². The van der Waals surface area contributed by atoms with E-state index in [-0.39, 0.29) is 71.7 Å². The third-order valence-corrected chi connectivity index (χ3v) is 11.8. The van der Waals surface area contributed by atoms with Crippen LogP contribution in [0.1, 0.15) is 27.8 Å². The standard InChI is InChI=1S/C52H26F12N4/c53-49(54,55)32-11-15-42-36(23-32)37-24-33(50(56,57)58)12-16-43(37)67(42)46-19-28(27-65)20-47(48(46)31-21-40(29-7-3-1-4-8-29)66-41(22-31)30-9-5-2-6-10-30)68-44-17-13-34(51(59,60)61)25-38(44)39-26-35(52(62,63)64)14-18-45(39)68/h1-26H. The van der Waals surface area contributed by atoms with Crippen molar-refractivity contribution in [3.05, 3.63) is 186 Å². The van der Waals surface area contributed by atoms with E-state index < -0.39 is 47.0 Å². The molecule has 10 aromatic rings. The smallest absolute Gasteiger partial charge is 0.308 e. The summed E-state index contributed by atoms with van der Waals surface area (Å²) in [6, 6.07) is 36.1. The van der Waals surface area contributed by atoms with Gasteiger partial charge in [0.1, 0.15) is 0 Å². The fourth-order valence-electron chi connectivity index (χ4n) is 8.78. The summed E-state index contributed by atoms with van der Waals surface area (Å²) >= 11 is 0. The van der Waals surface area contributed by atoms with Gasteiger partial charge in [0.2, 0.25) is 0 Å². The Kier molecular flexibility index (Phi) is 9.99. The van der Waals surface area contributed by atoms with E-state index >= 15 is 0 Å². The van der Waals surface area contributed by atoms with Crippen LogP contribution in [0.25, 0.3) is 88.6 Å². The summed E-state index contributed by atoms with van der Waals surface area (Å²) in [5, 5.41) is 9.75. The van der Waals surface area contributed by atoms with Gasteiger partial charge in [-0.3, -0.25) is 0 Å². The number of halogens is 12. The Hall–Kier alpha value is -8.06. The van der Waals surface area contributed by atoms with Gasteiger partial charge in [-0.2, -0.15) is 57.9 Å². The second-order valence-corrected chi connectivity index (χ2v) is 15.9. The lowest BCUT2D eigenvalue weighted by Gasteiger charge is -2.22. The van der Waals surface area contributed by atoms with Gasteiger partial charge < -0.3 is 9.13 Å². The van der Waals surface area contributed by atoms with Crippen LogP contribution in [-0.4, -0.2) is 14.1 Å². The number of aromatic nitrogens is 3. The maximum absolute atomic E-state index is 14.3. The Balaban J connectivity index is 1.42. The van der Waals surface area contributed by atoms with Crippen LogP contribution in [0.15, 0.2) is 158 Å². The minimum atomic E-state index is -4.92. The van der Waals surface area contributed by atoms with E-state index in [4.69, 9.17) is 4.98 Å². The fourth-order valence-corrected chi connectivity index (χ4v) is 8.78. The number of hydrogen-bond acceptors (Lipinski definition) is 2. The highest BCUT2D eigenvalue weighted by Crippen LogP contribution is 2.47. The summed E-state index contributed by atoms with van der Waals surface area (Å²) in [6.07, 6.45) is -19.7. The summed E-state index contributed by atoms with van der Waals surface area (Å²) < 4.78 is 175. The molecule has 4 nitrogen and oxygen atoms in total. The van der Waals surface area contributed by atoms with Gasteiger partial charge in [-0.15, -0.1) is 0 Å². The molecule has 0 spiro atoms. The number of alkyl halides is 12. The summed E-state index contributed by atoms with van der Waals surface area (Å²) in [6.45, 7) is 0. The monoisotopic (exact) mass is 934 g/mol.